The highest BCUT2D eigenvalue weighted by Gasteiger charge is 2.37. The summed E-state index contributed by atoms with van der Waals surface area (Å²) >= 11 is 1.23. The van der Waals surface area contributed by atoms with E-state index in [0.29, 0.717) is 47.8 Å². The molecule has 1 fully saturated rings. The second-order valence-electron chi connectivity index (χ2n) is 7.79. The smallest absolute Gasteiger partial charge is 0.252 e. The molecule has 33 heavy (non-hydrogen) atoms. The van der Waals surface area contributed by atoms with Crippen LogP contribution in [-0.4, -0.2) is 37.5 Å². The number of anilines is 1. The highest BCUT2D eigenvalue weighted by molar-refractivity contribution is 7.93. The lowest BCUT2D eigenvalue weighted by Gasteiger charge is -2.31. The second kappa shape index (κ2) is 10.4. The number of nitrogens with zero attached hydrogens (tertiary/aromatic N) is 3. The minimum atomic E-state index is -3.39. The van der Waals surface area contributed by atoms with Gasteiger partial charge in [-0.15, -0.1) is 11.3 Å². The number of hydrogen-bond donors (Lipinski definition) is 2. The van der Waals surface area contributed by atoms with Crippen molar-refractivity contribution < 1.29 is 13.2 Å². The molecule has 8 nitrogen and oxygen atoms in total. The largest absolute Gasteiger partial charge is 0.341 e. The SMILES string of the molecule is C=N/C=C(\N=CC)c1ccc(C(=O)NC(CC)(CC)c2csc(NS(=O)(=O)C3CC3)n2)cc1. The van der Waals surface area contributed by atoms with Crippen LogP contribution in [0.5, 0.6) is 0 Å². The van der Waals surface area contributed by atoms with E-state index in [0.717, 1.165) is 5.56 Å². The maximum atomic E-state index is 13.1. The number of hydrogen-bond acceptors (Lipinski definition) is 7. The Morgan fingerprint density at radius 2 is 1.88 bits per heavy atom. The van der Waals surface area contributed by atoms with Gasteiger partial charge in [0.15, 0.2) is 5.13 Å². The molecule has 2 aromatic rings. The molecule has 2 N–H and O–H groups in total. The highest BCUT2D eigenvalue weighted by Crippen LogP contribution is 2.34. The molecule has 0 atom stereocenters. The lowest BCUT2D eigenvalue weighted by molar-refractivity contribution is 0.0887. The fourth-order valence-electron chi connectivity index (χ4n) is 3.47. The van der Waals surface area contributed by atoms with Crippen LogP contribution in [-0.2, 0) is 15.6 Å². The lowest BCUT2D eigenvalue weighted by atomic mass is 9.89. The van der Waals surface area contributed by atoms with Gasteiger partial charge in [-0.2, -0.15) is 0 Å². The Morgan fingerprint density at radius 1 is 1.24 bits per heavy atom. The topological polar surface area (TPSA) is 113 Å². The van der Waals surface area contributed by atoms with Crippen molar-refractivity contribution in [3.63, 3.8) is 0 Å². The van der Waals surface area contributed by atoms with Gasteiger partial charge in [0.2, 0.25) is 10.0 Å². The summed E-state index contributed by atoms with van der Waals surface area (Å²) in [6, 6.07) is 7.09. The molecule has 0 spiro atoms. The Morgan fingerprint density at radius 3 is 2.42 bits per heavy atom. The fourth-order valence-corrected chi connectivity index (χ4v) is 5.87. The third kappa shape index (κ3) is 5.75. The third-order valence-electron chi connectivity index (χ3n) is 5.67. The first-order valence-corrected chi connectivity index (χ1v) is 13.3. The maximum absolute atomic E-state index is 13.1. The average molecular weight is 488 g/mol. The van der Waals surface area contributed by atoms with E-state index >= 15 is 0 Å². The Balaban J connectivity index is 1.79. The van der Waals surface area contributed by atoms with Crippen LogP contribution in [0.1, 0.15) is 68.1 Å². The molecular formula is C23H29N5O3S2. The minimum Gasteiger partial charge on any atom is -0.341 e. The van der Waals surface area contributed by atoms with Gasteiger partial charge in [-0.25, -0.2) is 13.4 Å². The molecule has 0 saturated heterocycles. The van der Waals surface area contributed by atoms with Gasteiger partial charge in [-0.05, 0) is 51.5 Å². The molecule has 1 heterocycles. The van der Waals surface area contributed by atoms with Gasteiger partial charge in [-0.3, -0.25) is 19.5 Å². The lowest BCUT2D eigenvalue weighted by Crippen LogP contribution is -2.45. The van der Waals surface area contributed by atoms with Gasteiger partial charge in [0.25, 0.3) is 5.91 Å². The summed E-state index contributed by atoms with van der Waals surface area (Å²) in [5.41, 5.74) is 1.91. The van der Waals surface area contributed by atoms with E-state index < -0.39 is 15.6 Å². The second-order valence-corrected chi connectivity index (χ2v) is 10.6. The first-order chi connectivity index (χ1) is 15.8. The van der Waals surface area contributed by atoms with Crippen LogP contribution in [0.15, 0.2) is 45.8 Å². The monoisotopic (exact) mass is 487 g/mol. The zero-order valence-corrected chi connectivity index (χ0v) is 20.7. The quantitative estimate of drug-likeness (QED) is 0.452. The van der Waals surface area contributed by atoms with Crippen molar-refractivity contribution in [1.29, 1.82) is 0 Å². The molecule has 1 aliphatic rings. The molecule has 0 aliphatic heterocycles. The molecule has 1 aromatic heterocycles. The molecule has 1 aromatic carbocycles. The van der Waals surface area contributed by atoms with Crippen LogP contribution in [0.3, 0.4) is 0 Å². The van der Waals surface area contributed by atoms with Crippen molar-refractivity contribution in [2.75, 3.05) is 4.72 Å². The summed E-state index contributed by atoms with van der Waals surface area (Å²) in [5, 5.41) is 4.94. The maximum Gasteiger partial charge on any atom is 0.252 e. The molecule has 1 aliphatic carbocycles. The zero-order chi connectivity index (χ0) is 24.1. The number of sulfonamides is 1. The Labute approximate surface area is 199 Å². The van der Waals surface area contributed by atoms with Gasteiger partial charge in [0, 0.05) is 22.7 Å². The number of amides is 1. The van der Waals surface area contributed by atoms with E-state index in [-0.39, 0.29) is 11.2 Å². The Bertz CT molecular complexity index is 1160. The van der Waals surface area contributed by atoms with Gasteiger partial charge in [0.05, 0.1) is 28.4 Å². The number of nitrogens with one attached hydrogen (secondary N) is 2. The van der Waals surface area contributed by atoms with Crippen molar-refractivity contribution >= 4 is 51.0 Å². The fraction of sp³-hybridized carbons (Fsp3) is 0.391. The molecule has 0 unspecified atom stereocenters. The highest BCUT2D eigenvalue weighted by atomic mass is 32.2. The number of carbonyl (C=O) groups is 1. The minimum absolute atomic E-state index is 0.232. The van der Waals surface area contributed by atoms with Crippen LogP contribution < -0.4 is 10.0 Å². The van der Waals surface area contributed by atoms with E-state index in [2.05, 4.69) is 31.7 Å². The summed E-state index contributed by atoms with van der Waals surface area (Å²) in [4.78, 5) is 25.7. The Hall–Kier alpha value is -2.85. The standard InChI is InChI=1S/C23H29N5O3S2/c1-5-23(6-2,20-15-32-22(26-20)28-33(30,31)18-12-13-18)27-21(29)17-10-8-16(9-11-17)19(14-24-4)25-7-3/h7-11,14-15,18H,4-6,12-13H2,1-3H3,(H,26,28)(H,27,29)/b19-14-,25-7?. The molecule has 176 valence electrons. The summed E-state index contributed by atoms with van der Waals surface area (Å²) in [6.45, 7) is 9.23. The van der Waals surface area contributed by atoms with Crippen LogP contribution in [0.25, 0.3) is 5.70 Å². The first-order valence-electron chi connectivity index (χ1n) is 10.8. The van der Waals surface area contributed by atoms with Crippen LogP contribution in [0.2, 0.25) is 0 Å². The molecule has 3 rings (SSSR count). The van der Waals surface area contributed by atoms with Gasteiger partial charge < -0.3 is 5.32 Å². The van der Waals surface area contributed by atoms with Crippen LogP contribution >= 0.6 is 11.3 Å². The first kappa shape index (κ1) is 24.8. The molecule has 1 amide bonds. The van der Waals surface area contributed by atoms with Gasteiger partial charge in [-0.1, -0.05) is 26.0 Å². The van der Waals surface area contributed by atoms with Crippen molar-refractivity contribution in [1.82, 2.24) is 10.3 Å². The number of benzene rings is 1. The third-order valence-corrected chi connectivity index (χ3v) is 8.39. The van der Waals surface area contributed by atoms with E-state index in [1.807, 2.05) is 38.3 Å². The van der Waals surface area contributed by atoms with Crippen molar-refractivity contribution in [3.8, 4) is 0 Å². The predicted molar refractivity (Wildman–Crippen MR) is 136 cm³/mol. The average Bonchev–Trinajstić information content (AvgIpc) is 3.58. The Kier molecular flexibility index (Phi) is 7.80. The summed E-state index contributed by atoms with van der Waals surface area (Å²) in [6.07, 6.45) is 5.81. The molecular weight excluding hydrogens is 458 g/mol. The number of carbonyl (C=O) groups excluding carboxylic acids is 1. The van der Waals surface area contributed by atoms with Gasteiger partial charge >= 0.3 is 0 Å². The summed E-state index contributed by atoms with van der Waals surface area (Å²) < 4.78 is 27.1. The zero-order valence-electron chi connectivity index (χ0n) is 19.0. The predicted octanol–water partition coefficient (Wildman–Crippen LogP) is 4.58. The van der Waals surface area contributed by atoms with Crippen molar-refractivity contribution in [2.24, 2.45) is 9.98 Å². The normalized spacial score (nSPS) is 14.9. The van der Waals surface area contributed by atoms with E-state index in [9.17, 15) is 13.2 Å². The van der Waals surface area contributed by atoms with Crippen LogP contribution in [0.4, 0.5) is 5.13 Å². The van der Waals surface area contributed by atoms with Crippen molar-refractivity contribution in [3.05, 3.63) is 52.7 Å². The van der Waals surface area contributed by atoms with Crippen LogP contribution in [0, 0.1) is 0 Å². The number of aliphatic imine (C=N–C) groups is 2. The summed E-state index contributed by atoms with van der Waals surface area (Å²) in [7, 11) is -3.39. The molecule has 0 bridgehead atoms. The molecule has 0 radical (unpaired) electrons. The van der Waals surface area contributed by atoms with E-state index in [4.69, 9.17) is 0 Å². The molecule has 1 saturated carbocycles. The van der Waals surface area contributed by atoms with Gasteiger partial charge in [0.1, 0.15) is 0 Å². The number of aromatic nitrogens is 1. The number of thiazole rings is 1. The number of rotatable bonds is 11. The van der Waals surface area contributed by atoms with Crippen molar-refractivity contribution in [2.45, 2.75) is 57.2 Å². The van der Waals surface area contributed by atoms with E-state index in [1.54, 1.807) is 24.5 Å². The van der Waals surface area contributed by atoms with E-state index in [1.165, 1.54) is 11.3 Å². The molecule has 10 heteroatoms. The summed E-state index contributed by atoms with van der Waals surface area (Å²) in [5.74, 6) is -0.232.